The minimum Gasteiger partial charge on any atom is -0.467 e. The molecule has 0 saturated carbocycles. The summed E-state index contributed by atoms with van der Waals surface area (Å²) in [5, 5.41) is 2.61. The predicted molar refractivity (Wildman–Crippen MR) is 61.7 cm³/mol. The zero-order chi connectivity index (χ0) is 13.0. The Kier molecular flexibility index (Phi) is 4.93. The second-order valence-corrected chi connectivity index (χ2v) is 5.15. The minimum atomic E-state index is -0.995. The fourth-order valence-electron chi connectivity index (χ4n) is 1.15. The Morgan fingerprint density at radius 3 is 2.12 bits per heavy atom. The molecule has 5 nitrogen and oxygen atoms in total. The lowest BCUT2D eigenvalue weighted by Crippen LogP contribution is -2.50. The maximum absolute atomic E-state index is 11.6. The van der Waals surface area contributed by atoms with Crippen LogP contribution in [0.2, 0.25) is 0 Å². The molecule has 0 rings (SSSR count). The molecule has 0 fully saturated rings. The maximum Gasteiger partial charge on any atom is 0.330 e. The Labute approximate surface area is 96.7 Å². The summed E-state index contributed by atoms with van der Waals surface area (Å²) in [6.45, 7) is 6.91. The Morgan fingerprint density at radius 2 is 1.75 bits per heavy atom. The first kappa shape index (κ1) is 14.9. The van der Waals surface area contributed by atoms with Gasteiger partial charge < -0.3 is 15.8 Å². The van der Waals surface area contributed by atoms with E-state index in [9.17, 15) is 9.59 Å². The monoisotopic (exact) mass is 230 g/mol. The highest BCUT2D eigenvalue weighted by molar-refractivity contribution is 5.87. The van der Waals surface area contributed by atoms with Crippen LogP contribution >= 0.6 is 0 Å². The summed E-state index contributed by atoms with van der Waals surface area (Å²) in [6.07, 6.45) is 0.861. The summed E-state index contributed by atoms with van der Waals surface area (Å²) in [4.78, 5) is 22.9. The van der Waals surface area contributed by atoms with Crippen LogP contribution < -0.4 is 11.1 Å². The second-order valence-electron chi connectivity index (χ2n) is 5.15. The standard InChI is InChI=1S/C11H22N2O3/c1-10(2,12)7-6-8(14)13-11(3,4)9(15)16-5/h6-7,12H2,1-5H3,(H,13,14). The third-order valence-corrected chi connectivity index (χ3v) is 2.14. The molecule has 1 amide bonds. The van der Waals surface area contributed by atoms with Crippen molar-refractivity contribution in [2.45, 2.75) is 51.6 Å². The van der Waals surface area contributed by atoms with Gasteiger partial charge in [-0.3, -0.25) is 4.79 Å². The molecule has 5 heteroatoms. The number of amides is 1. The highest BCUT2D eigenvalue weighted by atomic mass is 16.5. The van der Waals surface area contributed by atoms with Crippen LogP contribution in [-0.2, 0) is 14.3 Å². The number of carbonyl (C=O) groups is 2. The van der Waals surface area contributed by atoms with Crippen molar-refractivity contribution in [2.24, 2.45) is 5.73 Å². The minimum absolute atomic E-state index is 0.200. The number of hydrogen-bond donors (Lipinski definition) is 2. The van der Waals surface area contributed by atoms with E-state index >= 15 is 0 Å². The zero-order valence-electron chi connectivity index (χ0n) is 10.7. The van der Waals surface area contributed by atoms with Crippen molar-refractivity contribution >= 4 is 11.9 Å². The largest absolute Gasteiger partial charge is 0.467 e. The van der Waals surface area contributed by atoms with E-state index in [4.69, 9.17) is 5.73 Å². The van der Waals surface area contributed by atoms with Crippen LogP contribution in [0.15, 0.2) is 0 Å². The molecule has 0 atom stereocenters. The molecular formula is C11H22N2O3. The van der Waals surface area contributed by atoms with Crippen molar-refractivity contribution in [3.05, 3.63) is 0 Å². The first-order chi connectivity index (χ1) is 7.08. The Bertz CT molecular complexity index is 267. The number of hydrogen-bond acceptors (Lipinski definition) is 4. The molecule has 0 aromatic rings. The summed E-state index contributed by atoms with van der Waals surface area (Å²) < 4.78 is 4.58. The highest BCUT2D eigenvalue weighted by Gasteiger charge is 2.30. The molecule has 0 aromatic heterocycles. The third-order valence-electron chi connectivity index (χ3n) is 2.14. The van der Waals surface area contributed by atoms with Gasteiger partial charge in [0.2, 0.25) is 5.91 Å². The van der Waals surface area contributed by atoms with Crippen molar-refractivity contribution in [3.8, 4) is 0 Å². The van der Waals surface area contributed by atoms with Gasteiger partial charge in [-0.15, -0.1) is 0 Å². The molecule has 3 N–H and O–H groups in total. The fraction of sp³-hybridized carbons (Fsp3) is 0.818. The third kappa shape index (κ3) is 5.70. The van der Waals surface area contributed by atoms with Gasteiger partial charge in [0.25, 0.3) is 0 Å². The lowest BCUT2D eigenvalue weighted by atomic mass is 9.99. The van der Waals surface area contributed by atoms with Crippen molar-refractivity contribution < 1.29 is 14.3 Å². The highest BCUT2D eigenvalue weighted by Crippen LogP contribution is 2.09. The number of methoxy groups -OCH3 is 1. The van der Waals surface area contributed by atoms with Crippen LogP contribution in [-0.4, -0.2) is 30.1 Å². The number of nitrogens with one attached hydrogen (secondary N) is 1. The van der Waals surface area contributed by atoms with Gasteiger partial charge in [-0.2, -0.15) is 0 Å². The predicted octanol–water partition coefficient (Wildman–Crippen LogP) is 0.572. The average Bonchev–Trinajstić information content (AvgIpc) is 2.11. The SMILES string of the molecule is COC(=O)C(C)(C)NC(=O)CCC(C)(C)N. The molecule has 0 bridgehead atoms. The van der Waals surface area contributed by atoms with E-state index in [1.54, 1.807) is 13.8 Å². The Balaban J connectivity index is 4.20. The van der Waals surface area contributed by atoms with Gasteiger partial charge in [0, 0.05) is 12.0 Å². The smallest absolute Gasteiger partial charge is 0.330 e. The van der Waals surface area contributed by atoms with Crippen molar-refractivity contribution in [3.63, 3.8) is 0 Å². The first-order valence-electron chi connectivity index (χ1n) is 5.27. The van der Waals surface area contributed by atoms with Gasteiger partial charge in [0.05, 0.1) is 7.11 Å². The van der Waals surface area contributed by atoms with E-state index in [2.05, 4.69) is 10.1 Å². The maximum atomic E-state index is 11.6. The second kappa shape index (κ2) is 5.30. The summed E-state index contributed by atoms with van der Waals surface area (Å²) in [6, 6.07) is 0. The normalized spacial score (nSPS) is 12.1. The average molecular weight is 230 g/mol. The number of ether oxygens (including phenoxy) is 1. The summed E-state index contributed by atoms with van der Waals surface area (Å²) in [5.74, 6) is -0.665. The zero-order valence-corrected chi connectivity index (χ0v) is 10.7. The van der Waals surface area contributed by atoms with E-state index < -0.39 is 11.5 Å². The van der Waals surface area contributed by atoms with Crippen LogP contribution in [0.25, 0.3) is 0 Å². The number of rotatable bonds is 5. The van der Waals surface area contributed by atoms with Crippen molar-refractivity contribution in [2.75, 3.05) is 7.11 Å². The van der Waals surface area contributed by atoms with Gasteiger partial charge in [0.1, 0.15) is 5.54 Å². The van der Waals surface area contributed by atoms with Crippen LogP contribution in [0, 0.1) is 0 Å². The molecule has 0 aliphatic heterocycles. The quantitative estimate of drug-likeness (QED) is 0.677. The van der Waals surface area contributed by atoms with Gasteiger partial charge >= 0.3 is 5.97 Å². The Hall–Kier alpha value is -1.10. The molecule has 0 aliphatic carbocycles. The Morgan fingerprint density at radius 1 is 1.25 bits per heavy atom. The molecule has 0 radical (unpaired) electrons. The van der Waals surface area contributed by atoms with E-state index in [0.29, 0.717) is 12.8 Å². The van der Waals surface area contributed by atoms with Gasteiger partial charge in [0.15, 0.2) is 0 Å². The van der Waals surface area contributed by atoms with Gasteiger partial charge in [-0.05, 0) is 34.1 Å². The lowest BCUT2D eigenvalue weighted by molar-refractivity contribution is -0.149. The van der Waals surface area contributed by atoms with Crippen LogP contribution in [0.3, 0.4) is 0 Å². The van der Waals surface area contributed by atoms with E-state index in [1.807, 2.05) is 13.8 Å². The van der Waals surface area contributed by atoms with Gasteiger partial charge in [-0.1, -0.05) is 0 Å². The van der Waals surface area contributed by atoms with Crippen molar-refractivity contribution in [1.29, 1.82) is 0 Å². The number of esters is 1. The topological polar surface area (TPSA) is 81.4 Å². The molecule has 16 heavy (non-hydrogen) atoms. The number of nitrogens with two attached hydrogens (primary N) is 1. The molecule has 0 saturated heterocycles. The molecule has 94 valence electrons. The summed E-state index contributed by atoms with van der Waals surface area (Å²) >= 11 is 0. The van der Waals surface area contributed by atoms with Gasteiger partial charge in [-0.25, -0.2) is 4.79 Å². The lowest BCUT2D eigenvalue weighted by Gasteiger charge is -2.24. The van der Waals surface area contributed by atoms with E-state index in [1.165, 1.54) is 7.11 Å². The van der Waals surface area contributed by atoms with Crippen LogP contribution in [0.4, 0.5) is 0 Å². The van der Waals surface area contributed by atoms with Crippen LogP contribution in [0.1, 0.15) is 40.5 Å². The van der Waals surface area contributed by atoms with Crippen LogP contribution in [0.5, 0.6) is 0 Å². The molecule has 0 aliphatic rings. The molecule has 0 aromatic carbocycles. The summed E-state index contributed by atoms with van der Waals surface area (Å²) in [7, 11) is 1.29. The summed E-state index contributed by atoms with van der Waals surface area (Å²) in [5.41, 5.74) is 4.38. The molecule has 0 spiro atoms. The fourth-order valence-corrected chi connectivity index (χ4v) is 1.15. The molecular weight excluding hydrogens is 208 g/mol. The first-order valence-corrected chi connectivity index (χ1v) is 5.27. The van der Waals surface area contributed by atoms with E-state index in [0.717, 1.165) is 0 Å². The molecule has 0 heterocycles. The van der Waals surface area contributed by atoms with Crippen molar-refractivity contribution in [1.82, 2.24) is 5.32 Å². The number of carbonyl (C=O) groups excluding carboxylic acids is 2. The van der Waals surface area contributed by atoms with E-state index in [-0.39, 0.29) is 11.4 Å². The molecule has 0 unspecified atom stereocenters.